The van der Waals surface area contributed by atoms with Crippen LogP contribution in [0.4, 0.5) is 0 Å². The first kappa shape index (κ1) is 7.62. The summed E-state index contributed by atoms with van der Waals surface area (Å²) in [5, 5.41) is 0. The summed E-state index contributed by atoms with van der Waals surface area (Å²) in [6, 6.07) is 8.24. The number of hydrogen-bond acceptors (Lipinski definition) is 0. The molecule has 1 aromatic rings. The summed E-state index contributed by atoms with van der Waals surface area (Å²) in [6.45, 7) is 3.73. The molecule has 0 nitrogen and oxygen atoms in total. The molecule has 1 heteroatoms. The maximum absolute atomic E-state index is 3.73. The molecule has 0 unspecified atom stereocenters. The van der Waals surface area contributed by atoms with Crippen molar-refractivity contribution in [3.8, 4) is 0 Å². The van der Waals surface area contributed by atoms with Crippen LogP contribution in [0.1, 0.15) is 11.1 Å². The normalized spacial score (nSPS) is 8.80. The summed E-state index contributed by atoms with van der Waals surface area (Å²) in [5.41, 5.74) is 2.50. The van der Waals surface area contributed by atoms with Gasteiger partial charge in [0.1, 0.15) is 0 Å². The van der Waals surface area contributed by atoms with Gasteiger partial charge in [0.05, 0.1) is 0 Å². The Morgan fingerprint density at radius 2 is 1.80 bits per heavy atom. The second-order valence-electron chi connectivity index (χ2n) is 1.95. The van der Waals surface area contributed by atoms with Gasteiger partial charge in [-0.3, -0.25) is 0 Å². The third kappa shape index (κ3) is 1.52. The summed E-state index contributed by atoms with van der Waals surface area (Å²) in [5.74, 6) is 0. The molecule has 0 radical (unpaired) electrons. The van der Waals surface area contributed by atoms with Crippen molar-refractivity contribution in [3.63, 3.8) is 0 Å². The van der Waals surface area contributed by atoms with Gasteiger partial charge >= 0.3 is 71.8 Å². The van der Waals surface area contributed by atoms with E-state index in [4.69, 9.17) is 0 Å². The molecule has 50 valence electrons. The first-order valence-corrected chi connectivity index (χ1v) is 4.74. The van der Waals surface area contributed by atoms with E-state index in [0.717, 1.165) is 0 Å². The van der Waals surface area contributed by atoms with E-state index in [-0.39, 0.29) is 0 Å². The van der Waals surface area contributed by atoms with Crippen LogP contribution in [-0.4, -0.2) is 4.40 Å². The van der Waals surface area contributed by atoms with Gasteiger partial charge in [0.2, 0.25) is 0 Å². The van der Waals surface area contributed by atoms with Crippen molar-refractivity contribution < 1.29 is 19.4 Å². The van der Waals surface area contributed by atoms with E-state index in [1.165, 1.54) is 30.5 Å². The van der Waals surface area contributed by atoms with E-state index in [0.29, 0.717) is 0 Å². The molecule has 0 aliphatic heterocycles. The molecule has 1 aromatic carbocycles. The third-order valence-corrected chi connectivity index (χ3v) is 2.26. The van der Waals surface area contributed by atoms with Crippen LogP contribution in [-0.2, 0) is 19.4 Å². The molecule has 0 aliphatic rings. The average Bonchev–Trinajstić information content (AvgIpc) is 2.04. The predicted octanol–water partition coefficient (Wildman–Crippen LogP) is 2.03. The Bertz CT molecular complexity index is 224. The van der Waals surface area contributed by atoms with Gasteiger partial charge in [0, 0.05) is 0 Å². The number of hydrogen-bond donors (Lipinski definition) is 0. The van der Waals surface area contributed by atoms with Crippen LogP contribution in [0.15, 0.2) is 30.8 Å². The molecule has 0 N–H and O–H groups in total. The Labute approximate surface area is 72.0 Å². The zero-order valence-electron chi connectivity index (χ0n) is 5.58. The minimum absolute atomic E-state index is 1.22. The van der Waals surface area contributed by atoms with E-state index in [2.05, 4.69) is 23.1 Å². The number of rotatable bonds is 2. The summed E-state index contributed by atoms with van der Waals surface area (Å²) in [4.78, 5) is 0. The van der Waals surface area contributed by atoms with E-state index in [1.807, 2.05) is 18.2 Å². The molecule has 0 spiro atoms. The van der Waals surface area contributed by atoms with E-state index in [1.54, 1.807) is 0 Å². The molecule has 0 amide bonds. The Kier molecular flexibility index (Phi) is 2.77. The van der Waals surface area contributed by atoms with Gasteiger partial charge in [-0.1, -0.05) is 0 Å². The minimum atomic E-state index is 1.22. The topological polar surface area (TPSA) is 0 Å². The molecular formula is C9H8W. The molecular weight excluding hydrogens is 292 g/mol. The summed E-state index contributed by atoms with van der Waals surface area (Å²) < 4.78 is 2.16. The van der Waals surface area contributed by atoms with Gasteiger partial charge in [-0.25, -0.2) is 0 Å². The molecule has 0 bridgehead atoms. The molecule has 0 atom stereocenters. The monoisotopic (exact) mass is 300 g/mol. The first-order valence-electron chi connectivity index (χ1n) is 3.05. The van der Waals surface area contributed by atoms with Crippen LogP contribution in [0, 0.1) is 0 Å². The summed E-state index contributed by atoms with van der Waals surface area (Å²) in [7, 11) is 0. The SMILES string of the molecule is C=Cc1ccccc1[CH]=[W]. The van der Waals surface area contributed by atoms with Crippen molar-refractivity contribution >= 4 is 10.5 Å². The standard InChI is InChI=1S/C9H8.W/c1-3-9-7-5-4-6-8(9)2;/h2-7H,1H2;. The second kappa shape index (κ2) is 3.63. The summed E-state index contributed by atoms with van der Waals surface area (Å²) >= 11 is 1.48. The maximum atomic E-state index is 3.73. The molecule has 0 fully saturated rings. The Hall–Kier alpha value is -0.482. The molecule has 10 heavy (non-hydrogen) atoms. The van der Waals surface area contributed by atoms with Crippen LogP contribution < -0.4 is 0 Å². The van der Waals surface area contributed by atoms with Gasteiger partial charge < -0.3 is 0 Å². The van der Waals surface area contributed by atoms with Crippen LogP contribution in [0.3, 0.4) is 0 Å². The van der Waals surface area contributed by atoms with Gasteiger partial charge in [-0.15, -0.1) is 0 Å². The first-order chi connectivity index (χ1) is 4.88. The van der Waals surface area contributed by atoms with Gasteiger partial charge in [0.15, 0.2) is 0 Å². The van der Waals surface area contributed by atoms with Crippen molar-refractivity contribution in [2.24, 2.45) is 0 Å². The third-order valence-electron chi connectivity index (χ3n) is 1.34. The van der Waals surface area contributed by atoms with Crippen LogP contribution in [0.25, 0.3) is 6.08 Å². The van der Waals surface area contributed by atoms with Gasteiger partial charge in [0.25, 0.3) is 0 Å². The van der Waals surface area contributed by atoms with Crippen molar-refractivity contribution in [2.45, 2.75) is 0 Å². The Morgan fingerprint density at radius 1 is 1.20 bits per heavy atom. The molecule has 0 aromatic heterocycles. The predicted molar refractivity (Wildman–Crippen MR) is 41.7 cm³/mol. The number of benzene rings is 1. The summed E-state index contributed by atoms with van der Waals surface area (Å²) in [6.07, 6.45) is 1.88. The van der Waals surface area contributed by atoms with E-state index < -0.39 is 0 Å². The van der Waals surface area contributed by atoms with Crippen LogP contribution >= 0.6 is 0 Å². The Balaban J connectivity index is 3.20. The van der Waals surface area contributed by atoms with Crippen molar-refractivity contribution in [1.82, 2.24) is 0 Å². The van der Waals surface area contributed by atoms with Crippen LogP contribution in [0.5, 0.6) is 0 Å². The quantitative estimate of drug-likeness (QED) is 0.784. The molecule has 0 heterocycles. The fourth-order valence-electron chi connectivity index (χ4n) is 0.804. The molecule has 0 saturated heterocycles. The van der Waals surface area contributed by atoms with Crippen LogP contribution in [0.2, 0.25) is 0 Å². The van der Waals surface area contributed by atoms with Crippen molar-refractivity contribution in [2.75, 3.05) is 0 Å². The van der Waals surface area contributed by atoms with Gasteiger partial charge in [-0.2, -0.15) is 0 Å². The fraction of sp³-hybridized carbons (Fsp3) is 0. The van der Waals surface area contributed by atoms with Gasteiger partial charge in [-0.05, 0) is 0 Å². The zero-order valence-corrected chi connectivity index (χ0v) is 8.51. The van der Waals surface area contributed by atoms with E-state index in [9.17, 15) is 0 Å². The zero-order chi connectivity index (χ0) is 7.40. The Morgan fingerprint density at radius 3 is 2.20 bits per heavy atom. The van der Waals surface area contributed by atoms with E-state index >= 15 is 0 Å². The van der Waals surface area contributed by atoms with Crippen molar-refractivity contribution in [3.05, 3.63) is 42.0 Å². The second-order valence-corrected chi connectivity index (χ2v) is 2.80. The average molecular weight is 300 g/mol. The fourth-order valence-corrected chi connectivity index (χ4v) is 1.58. The van der Waals surface area contributed by atoms with Crippen molar-refractivity contribution in [1.29, 1.82) is 0 Å². The molecule has 0 saturated carbocycles. The molecule has 1 rings (SSSR count). The molecule has 0 aliphatic carbocycles.